The second kappa shape index (κ2) is 3.91. The van der Waals surface area contributed by atoms with Gasteiger partial charge < -0.3 is 0 Å². The van der Waals surface area contributed by atoms with Crippen LogP contribution >= 0.6 is 0 Å². The van der Waals surface area contributed by atoms with E-state index in [1.165, 1.54) is 24.1 Å². The minimum Gasteiger partial charge on any atom is -0.261 e. The average molecular weight is 177 g/mol. The van der Waals surface area contributed by atoms with Gasteiger partial charge in [0.25, 0.3) is 0 Å². The number of hydrogen-bond donors (Lipinski definition) is 0. The van der Waals surface area contributed by atoms with E-state index >= 15 is 0 Å². The highest BCUT2D eigenvalue weighted by Crippen LogP contribution is 2.31. The van der Waals surface area contributed by atoms with E-state index in [2.05, 4.69) is 38.7 Å². The van der Waals surface area contributed by atoms with Gasteiger partial charge in [0.2, 0.25) is 0 Å². The minimum atomic E-state index is 0.304. The summed E-state index contributed by atoms with van der Waals surface area (Å²) in [6.07, 6.45) is 4.22. The Kier molecular flexibility index (Phi) is 3.07. The van der Waals surface area contributed by atoms with Crippen molar-refractivity contribution >= 4 is 0 Å². The molecule has 1 aromatic heterocycles. The molecule has 0 atom stereocenters. The van der Waals surface area contributed by atoms with Crippen LogP contribution in [-0.2, 0) is 5.41 Å². The Balaban J connectivity index is 3.12. The predicted octanol–water partition coefficient (Wildman–Crippen LogP) is 3.47. The summed E-state index contributed by atoms with van der Waals surface area (Å²) in [5, 5.41) is 0. The Morgan fingerprint density at radius 3 is 2.38 bits per heavy atom. The fraction of sp³-hybridized carbons (Fsp3) is 0.583. The highest BCUT2D eigenvalue weighted by atomic mass is 14.7. The number of aromatic nitrogens is 1. The SMILES string of the molecule is CCC(C)(CC)c1cccnc1C. The molecule has 0 spiro atoms. The van der Waals surface area contributed by atoms with Gasteiger partial charge in [0.05, 0.1) is 0 Å². The molecule has 13 heavy (non-hydrogen) atoms. The quantitative estimate of drug-likeness (QED) is 0.689. The van der Waals surface area contributed by atoms with Crippen molar-refractivity contribution in [1.82, 2.24) is 4.98 Å². The van der Waals surface area contributed by atoms with Gasteiger partial charge in [-0.15, -0.1) is 0 Å². The zero-order chi connectivity index (χ0) is 9.90. The van der Waals surface area contributed by atoms with Crippen molar-refractivity contribution in [2.45, 2.75) is 46.0 Å². The Hall–Kier alpha value is -0.850. The van der Waals surface area contributed by atoms with E-state index in [1.54, 1.807) is 0 Å². The third-order valence-corrected chi connectivity index (χ3v) is 3.22. The van der Waals surface area contributed by atoms with E-state index in [4.69, 9.17) is 0 Å². The third kappa shape index (κ3) is 1.90. The van der Waals surface area contributed by atoms with Crippen LogP contribution in [0, 0.1) is 6.92 Å². The lowest BCUT2D eigenvalue weighted by molar-refractivity contribution is 0.435. The Labute approximate surface area is 81.2 Å². The van der Waals surface area contributed by atoms with Gasteiger partial charge in [-0.1, -0.05) is 26.8 Å². The van der Waals surface area contributed by atoms with Gasteiger partial charge in [-0.3, -0.25) is 4.98 Å². The number of rotatable bonds is 3. The summed E-state index contributed by atoms with van der Waals surface area (Å²) in [5.74, 6) is 0. The summed E-state index contributed by atoms with van der Waals surface area (Å²) >= 11 is 0. The monoisotopic (exact) mass is 177 g/mol. The molecule has 0 N–H and O–H groups in total. The molecule has 1 heteroatoms. The van der Waals surface area contributed by atoms with Crippen molar-refractivity contribution in [1.29, 1.82) is 0 Å². The molecule has 1 rings (SSSR count). The normalized spacial score (nSPS) is 11.7. The summed E-state index contributed by atoms with van der Waals surface area (Å²) in [7, 11) is 0. The summed E-state index contributed by atoms with van der Waals surface area (Å²) in [5.41, 5.74) is 2.88. The molecule has 0 radical (unpaired) electrons. The van der Waals surface area contributed by atoms with Crippen LogP contribution in [-0.4, -0.2) is 4.98 Å². The number of hydrogen-bond acceptors (Lipinski definition) is 1. The van der Waals surface area contributed by atoms with E-state index in [1.807, 2.05) is 12.3 Å². The second-order valence-electron chi connectivity index (χ2n) is 3.90. The van der Waals surface area contributed by atoms with Crippen LogP contribution in [0.4, 0.5) is 0 Å². The number of nitrogens with zero attached hydrogens (tertiary/aromatic N) is 1. The molecule has 0 aromatic carbocycles. The van der Waals surface area contributed by atoms with Crippen molar-refractivity contribution in [3.63, 3.8) is 0 Å². The summed E-state index contributed by atoms with van der Waals surface area (Å²) < 4.78 is 0. The highest BCUT2D eigenvalue weighted by Gasteiger charge is 2.23. The van der Waals surface area contributed by atoms with Crippen LogP contribution < -0.4 is 0 Å². The van der Waals surface area contributed by atoms with E-state index < -0.39 is 0 Å². The van der Waals surface area contributed by atoms with Gasteiger partial charge in [0.15, 0.2) is 0 Å². The van der Waals surface area contributed by atoms with E-state index in [9.17, 15) is 0 Å². The third-order valence-electron chi connectivity index (χ3n) is 3.22. The zero-order valence-electron chi connectivity index (χ0n) is 9.09. The van der Waals surface area contributed by atoms with Crippen molar-refractivity contribution in [2.75, 3.05) is 0 Å². The van der Waals surface area contributed by atoms with Gasteiger partial charge in [0.1, 0.15) is 0 Å². The zero-order valence-corrected chi connectivity index (χ0v) is 9.09. The fourth-order valence-electron chi connectivity index (χ4n) is 1.75. The van der Waals surface area contributed by atoms with E-state index in [-0.39, 0.29) is 0 Å². The lowest BCUT2D eigenvalue weighted by Crippen LogP contribution is -2.21. The van der Waals surface area contributed by atoms with Crippen LogP contribution in [0.25, 0.3) is 0 Å². The molecule has 0 amide bonds. The lowest BCUT2D eigenvalue weighted by Gasteiger charge is -2.28. The van der Waals surface area contributed by atoms with E-state index in [0.29, 0.717) is 5.41 Å². The average Bonchev–Trinajstić information content (AvgIpc) is 2.17. The number of pyridine rings is 1. The number of aryl methyl sites for hydroxylation is 1. The first-order valence-corrected chi connectivity index (χ1v) is 5.06. The maximum absolute atomic E-state index is 4.34. The first kappa shape index (κ1) is 10.2. The molecule has 0 unspecified atom stereocenters. The largest absolute Gasteiger partial charge is 0.261 e. The van der Waals surface area contributed by atoms with Crippen LogP contribution in [0.15, 0.2) is 18.3 Å². The smallest absolute Gasteiger partial charge is 0.0410 e. The van der Waals surface area contributed by atoms with Crippen LogP contribution in [0.5, 0.6) is 0 Å². The molecule has 72 valence electrons. The van der Waals surface area contributed by atoms with Gasteiger partial charge >= 0.3 is 0 Å². The van der Waals surface area contributed by atoms with Gasteiger partial charge in [-0.05, 0) is 36.8 Å². The first-order valence-electron chi connectivity index (χ1n) is 5.06. The molecule has 0 aliphatic carbocycles. The summed E-state index contributed by atoms with van der Waals surface area (Å²) in [4.78, 5) is 4.34. The maximum Gasteiger partial charge on any atom is 0.0410 e. The highest BCUT2D eigenvalue weighted by molar-refractivity contribution is 5.27. The predicted molar refractivity (Wildman–Crippen MR) is 56.9 cm³/mol. The molecule has 0 bridgehead atoms. The minimum absolute atomic E-state index is 0.304. The summed E-state index contributed by atoms with van der Waals surface area (Å²) in [6.45, 7) is 8.90. The first-order chi connectivity index (χ1) is 6.14. The topological polar surface area (TPSA) is 12.9 Å². The summed E-state index contributed by atoms with van der Waals surface area (Å²) in [6, 6.07) is 4.24. The van der Waals surface area contributed by atoms with Gasteiger partial charge in [-0.2, -0.15) is 0 Å². The van der Waals surface area contributed by atoms with Crippen molar-refractivity contribution < 1.29 is 0 Å². The van der Waals surface area contributed by atoms with Crippen molar-refractivity contribution in [2.24, 2.45) is 0 Å². The maximum atomic E-state index is 4.34. The van der Waals surface area contributed by atoms with Crippen LogP contribution in [0.3, 0.4) is 0 Å². The molecule has 1 aromatic rings. The molecule has 0 fully saturated rings. The Morgan fingerprint density at radius 1 is 1.31 bits per heavy atom. The van der Waals surface area contributed by atoms with Crippen LogP contribution in [0.1, 0.15) is 44.9 Å². The second-order valence-corrected chi connectivity index (χ2v) is 3.90. The Bertz CT molecular complexity index is 274. The molecular formula is C12H19N. The van der Waals surface area contributed by atoms with E-state index in [0.717, 1.165) is 0 Å². The molecule has 0 saturated carbocycles. The van der Waals surface area contributed by atoms with Crippen molar-refractivity contribution in [3.05, 3.63) is 29.6 Å². The molecule has 1 heterocycles. The molecule has 0 aliphatic rings. The van der Waals surface area contributed by atoms with Crippen LogP contribution in [0.2, 0.25) is 0 Å². The van der Waals surface area contributed by atoms with Gasteiger partial charge in [-0.25, -0.2) is 0 Å². The fourth-order valence-corrected chi connectivity index (χ4v) is 1.75. The van der Waals surface area contributed by atoms with Crippen molar-refractivity contribution in [3.8, 4) is 0 Å². The lowest BCUT2D eigenvalue weighted by atomic mass is 9.77. The van der Waals surface area contributed by atoms with Gasteiger partial charge in [0, 0.05) is 11.9 Å². The Morgan fingerprint density at radius 2 is 1.92 bits per heavy atom. The molecule has 0 aliphatic heterocycles. The molecule has 0 saturated heterocycles. The molecule has 1 nitrogen and oxygen atoms in total. The standard InChI is InChI=1S/C12H19N/c1-5-12(4,6-2)11-8-7-9-13-10(11)3/h7-9H,5-6H2,1-4H3. The molecular weight excluding hydrogens is 158 g/mol.